The molecule has 0 saturated heterocycles. The molecule has 0 aliphatic heterocycles. The first-order valence-electron chi connectivity index (χ1n) is 6.66. The summed E-state index contributed by atoms with van der Waals surface area (Å²) in [5.41, 5.74) is -0.0292. The summed E-state index contributed by atoms with van der Waals surface area (Å²) in [6, 6.07) is 2.74. The largest absolute Gasteiger partial charge is 0.474 e. The van der Waals surface area contributed by atoms with Crippen LogP contribution in [0.4, 0.5) is 11.5 Å². The molecular formula is C13H19N3O4. The van der Waals surface area contributed by atoms with Gasteiger partial charge in [-0.15, -0.1) is 0 Å². The van der Waals surface area contributed by atoms with Gasteiger partial charge >= 0.3 is 0 Å². The number of nitrogens with zero attached hydrogens (tertiary/aromatic N) is 2. The first-order valence-corrected chi connectivity index (χ1v) is 6.66. The number of rotatable bonds is 5. The second-order valence-corrected chi connectivity index (χ2v) is 4.82. The predicted molar refractivity (Wildman–Crippen MR) is 74.1 cm³/mol. The van der Waals surface area contributed by atoms with Gasteiger partial charge in [0.15, 0.2) is 0 Å². The van der Waals surface area contributed by atoms with Crippen LogP contribution in [0.25, 0.3) is 0 Å². The Balaban J connectivity index is 2.11. The van der Waals surface area contributed by atoms with Crippen LogP contribution in [0, 0.1) is 10.1 Å². The number of methoxy groups -OCH3 is 1. The van der Waals surface area contributed by atoms with E-state index in [1.807, 2.05) is 0 Å². The lowest BCUT2D eigenvalue weighted by molar-refractivity contribution is -0.384. The second-order valence-electron chi connectivity index (χ2n) is 4.82. The maximum absolute atomic E-state index is 10.9. The Morgan fingerprint density at radius 2 is 2.15 bits per heavy atom. The molecule has 1 N–H and O–H groups in total. The van der Waals surface area contributed by atoms with Crippen LogP contribution < -0.4 is 10.1 Å². The van der Waals surface area contributed by atoms with Crippen LogP contribution >= 0.6 is 0 Å². The van der Waals surface area contributed by atoms with E-state index < -0.39 is 4.92 Å². The van der Waals surface area contributed by atoms with Crippen molar-refractivity contribution < 1.29 is 14.4 Å². The van der Waals surface area contributed by atoms with E-state index >= 15 is 0 Å². The Morgan fingerprint density at radius 1 is 1.40 bits per heavy atom. The molecule has 0 spiro atoms. The van der Waals surface area contributed by atoms with Gasteiger partial charge in [0.25, 0.3) is 5.69 Å². The topological polar surface area (TPSA) is 86.5 Å². The summed E-state index contributed by atoms with van der Waals surface area (Å²) in [7, 11) is 3.36. The fraction of sp³-hybridized carbons (Fsp3) is 0.615. The average molecular weight is 281 g/mol. The molecule has 110 valence electrons. The number of nitro groups is 1. The molecule has 7 heteroatoms. The molecule has 0 aromatic carbocycles. The Kier molecular flexibility index (Phi) is 4.73. The van der Waals surface area contributed by atoms with E-state index in [1.165, 1.54) is 12.1 Å². The molecule has 0 radical (unpaired) electrons. The zero-order valence-corrected chi connectivity index (χ0v) is 11.7. The van der Waals surface area contributed by atoms with Crippen LogP contribution in [0.15, 0.2) is 12.1 Å². The Hall–Kier alpha value is -1.89. The SMILES string of the molecule is CNc1cc([N+](=O)[O-])cc(OC2CCCC(OC)C2)n1. The fourth-order valence-electron chi connectivity index (χ4n) is 2.38. The molecule has 1 aliphatic carbocycles. The number of hydrogen-bond donors (Lipinski definition) is 1. The minimum atomic E-state index is -0.450. The van der Waals surface area contributed by atoms with Crippen LogP contribution in [0.3, 0.4) is 0 Å². The molecule has 0 amide bonds. The minimum absolute atomic E-state index is 0.00656. The van der Waals surface area contributed by atoms with Gasteiger partial charge in [-0.3, -0.25) is 10.1 Å². The normalized spacial score (nSPS) is 22.3. The Bertz CT molecular complexity index is 481. The van der Waals surface area contributed by atoms with Gasteiger partial charge in [-0.1, -0.05) is 0 Å². The van der Waals surface area contributed by atoms with Crippen molar-refractivity contribution in [3.63, 3.8) is 0 Å². The third-order valence-corrected chi connectivity index (χ3v) is 3.45. The summed E-state index contributed by atoms with van der Waals surface area (Å²) in [5.74, 6) is 0.707. The summed E-state index contributed by atoms with van der Waals surface area (Å²) in [6.45, 7) is 0. The van der Waals surface area contributed by atoms with Crippen molar-refractivity contribution in [2.45, 2.75) is 37.9 Å². The quantitative estimate of drug-likeness (QED) is 0.658. The van der Waals surface area contributed by atoms with Crippen molar-refractivity contribution in [3.8, 4) is 5.88 Å². The van der Waals surface area contributed by atoms with Gasteiger partial charge in [-0.05, 0) is 19.3 Å². The number of pyridine rings is 1. The van der Waals surface area contributed by atoms with Gasteiger partial charge < -0.3 is 14.8 Å². The van der Waals surface area contributed by atoms with Gasteiger partial charge in [0.05, 0.1) is 23.2 Å². The lowest BCUT2D eigenvalue weighted by Gasteiger charge is -2.28. The molecule has 2 rings (SSSR count). The highest BCUT2D eigenvalue weighted by Gasteiger charge is 2.24. The van der Waals surface area contributed by atoms with Crippen LogP contribution in [-0.4, -0.2) is 36.3 Å². The van der Waals surface area contributed by atoms with Crippen LogP contribution in [-0.2, 0) is 4.74 Å². The summed E-state index contributed by atoms with van der Waals surface area (Å²) in [4.78, 5) is 14.6. The highest BCUT2D eigenvalue weighted by atomic mass is 16.6. The molecule has 2 unspecified atom stereocenters. The number of aromatic nitrogens is 1. The third kappa shape index (κ3) is 3.57. The number of hydrogen-bond acceptors (Lipinski definition) is 6. The first kappa shape index (κ1) is 14.5. The smallest absolute Gasteiger partial charge is 0.278 e. The van der Waals surface area contributed by atoms with Crippen molar-refractivity contribution >= 4 is 11.5 Å². The summed E-state index contributed by atoms with van der Waals surface area (Å²) >= 11 is 0. The molecule has 0 bridgehead atoms. The summed E-state index contributed by atoms with van der Waals surface area (Å²) < 4.78 is 11.1. The number of ether oxygens (including phenoxy) is 2. The van der Waals surface area contributed by atoms with Crippen LogP contribution in [0.1, 0.15) is 25.7 Å². The van der Waals surface area contributed by atoms with E-state index in [-0.39, 0.29) is 23.8 Å². The zero-order valence-electron chi connectivity index (χ0n) is 11.7. The fourth-order valence-corrected chi connectivity index (χ4v) is 2.38. The van der Waals surface area contributed by atoms with Crippen LogP contribution in [0.5, 0.6) is 5.88 Å². The predicted octanol–water partition coefficient (Wildman–Crippen LogP) is 2.37. The number of nitrogens with one attached hydrogen (secondary N) is 1. The molecule has 2 atom stereocenters. The van der Waals surface area contributed by atoms with Crippen molar-refractivity contribution in [2.75, 3.05) is 19.5 Å². The van der Waals surface area contributed by atoms with E-state index in [9.17, 15) is 10.1 Å². The average Bonchev–Trinajstić information content (AvgIpc) is 2.47. The summed E-state index contributed by atoms with van der Waals surface area (Å²) in [5, 5.41) is 13.7. The van der Waals surface area contributed by atoms with Gasteiger partial charge in [-0.2, -0.15) is 4.98 Å². The minimum Gasteiger partial charge on any atom is -0.474 e. The van der Waals surface area contributed by atoms with E-state index in [1.54, 1.807) is 14.2 Å². The van der Waals surface area contributed by atoms with Gasteiger partial charge in [0, 0.05) is 20.6 Å². The molecular weight excluding hydrogens is 262 g/mol. The molecule has 1 fully saturated rings. The number of anilines is 1. The summed E-state index contributed by atoms with van der Waals surface area (Å²) in [6.07, 6.45) is 3.94. The van der Waals surface area contributed by atoms with E-state index in [0.29, 0.717) is 5.82 Å². The van der Waals surface area contributed by atoms with Gasteiger partial charge in [0.1, 0.15) is 11.9 Å². The lowest BCUT2D eigenvalue weighted by Crippen LogP contribution is -2.29. The van der Waals surface area contributed by atoms with Crippen molar-refractivity contribution in [1.29, 1.82) is 0 Å². The highest BCUT2D eigenvalue weighted by Crippen LogP contribution is 2.27. The zero-order chi connectivity index (χ0) is 14.5. The molecule has 1 aliphatic rings. The molecule has 1 saturated carbocycles. The van der Waals surface area contributed by atoms with Crippen molar-refractivity contribution in [2.24, 2.45) is 0 Å². The van der Waals surface area contributed by atoms with E-state index in [2.05, 4.69) is 10.3 Å². The highest BCUT2D eigenvalue weighted by molar-refractivity contribution is 5.47. The first-order chi connectivity index (χ1) is 9.62. The maximum Gasteiger partial charge on any atom is 0.278 e. The molecule has 1 aromatic rings. The van der Waals surface area contributed by atoms with E-state index in [4.69, 9.17) is 9.47 Å². The maximum atomic E-state index is 10.9. The molecule has 1 aromatic heterocycles. The van der Waals surface area contributed by atoms with E-state index in [0.717, 1.165) is 25.7 Å². The monoisotopic (exact) mass is 281 g/mol. The Morgan fingerprint density at radius 3 is 2.80 bits per heavy atom. The standard InChI is InChI=1S/C13H19N3O4/c1-14-12-6-9(16(17)18)7-13(15-12)20-11-5-3-4-10(8-11)19-2/h6-7,10-11H,3-5,8H2,1-2H3,(H,14,15). The molecule has 20 heavy (non-hydrogen) atoms. The third-order valence-electron chi connectivity index (χ3n) is 3.45. The van der Waals surface area contributed by atoms with Gasteiger partial charge in [0.2, 0.25) is 5.88 Å². The molecule has 1 heterocycles. The molecule has 7 nitrogen and oxygen atoms in total. The van der Waals surface area contributed by atoms with Crippen LogP contribution in [0.2, 0.25) is 0 Å². The van der Waals surface area contributed by atoms with Gasteiger partial charge in [-0.25, -0.2) is 0 Å². The van der Waals surface area contributed by atoms with Crippen molar-refractivity contribution in [1.82, 2.24) is 4.98 Å². The Labute approximate surface area is 117 Å². The second kappa shape index (κ2) is 6.51. The lowest BCUT2D eigenvalue weighted by atomic mass is 9.95. The van der Waals surface area contributed by atoms with Crippen molar-refractivity contribution in [3.05, 3.63) is 22.2 Å².